The van der Waals surface area contributed by atoms with Crippen LogP contribution in [0.15, 0.2) is 12.1 Å². The highest BCUT2D eigenvalue weighted by Crippen LogP contribution is 2.25. The maximum absolute atomic E-state index is 10.8. The Labute approximate surface area is 94.8 Å². The minimum atomic E-state index is -1.32. The van der Waals surface area contributed by atoms with Gasteiger partial charge in [-0.05, 0) is 6.07 Å². The van der Waals surface area contributed by atoms with Crippen molar-refractivity contribution in [1.29, 1.82) is 5.26 Å². The predicted molar refractivity (Wildman–Crippen MR) is 54.3 cm³/mol. The zero-order valence-electron chi connectivity index (χ0n) is 7.81. The molecular formula is C9H5ClN2O4. The van der Waals surface area contributed by atoms with Gasteiger partial charge in [-0.3, -0.25) is 10.1 Å². The van der Waals surface area contributed by atoms with Gasteiger partial charge >= 0.3 is 5.97 Å². The highest BCUT2D eigenvalue weighted by atomic mass is 35.5. The van der Waals surface area contributed by atoms with Gasteiger partial charge in [-0.2, -0.15) is 5.26 Å². The second-order valence-electron chi connectivity index (χ2n) is 2.83. The van der Waals surface area contributed by atoms with Crippen molar-refractivity contribution in [2.75, 3.05) is 0 Å². The van der Waals surface area contributed by atoms with E-state index < -0.39 is 10.9 Å². The van der Waals surface area contributed by atoms with Crippen molar-refractivity contribution in [2.45, 2.75) is 5.88 Å². The minimum absolute atomic E-state index is 0.0723. The second-order valence-corrected chi connectivity index (χ2v) is 3.10. The number of hydrogen-bond donors (Lipinski definition) is 1. The summed E-state index contributed by atoms with van der Waals surface area (Å²) in [5.41, 5.74) is -0.823. The molecule has 0 radical (unpaired) electrons. The smallest absolute Gasteiger partial charge is 0.337 e. The summed E-state index contributed by atoms with van der Waals surface area (Å²) in [6.45, 7) is 0. The molecule has 0 unspecified atom stereocenters. The summed E-state index contributed by atoms with van der Waals surface area (Å²) in [6.07, 6.45) is 0. The third kappa shape index (κ3) is 2.10. The molecule has 0 aromatic heterocycles. The standard InChI is InChI=1S/C9H5ClN2O4/c10-3-5-1-7(9(13)14)6(4-11)2-8(5)12(15)16/h1-2H,3H2,(H,13,14). The van der Waals surface area contributed by atoms with E-state index in [4.69, 9.17) is 22.0 Å². The number of nitriles is 1. The van der Waals surface area contributed by atoms with E-state index in [2.05, 4.69) is 0 Å². The van der Waals surface area contributed by atoms with Gasteiger partial charge in [-0.1, -0.05) is 0 Å². The van der Waals surface area contributed by atoms with Crippen LogP contribution in [0, 0.1) is 21.4 Å². The van der Waals surface area contributed by atoms with Crippen molar-refractivity contribution in [1.82, 2.24) is 0 Å². The third-order valence-corrected chi connectivity index (χ3v) is 2.20. The van der Waals surface area contributed by atoms with Gasteiger partial charge in [0.1, 0.15) is 6.07 Å². The van der Waals surface area contributed by atoms with Crippen LogP contribution in [0.2, 0.25) is 0 Å². The van der Waals surface area contributed by atoms with E-state index in [9.17, 15) is 14.9 Å². The van der Waals surface area contributed by atoms with Gasteiger partial charge in [-0.25, -0.2) is 4.79 Å². The Morgan fingerprint density at radius 3 is 2.62 bits per heavy atom. The summed E-state index contributed by atoms with van der Waals surface area (Å²) in [5, 5.41) is 28.1. The number of carbonyl (C=O) groups is 1. The largest absolute Gasteiger partial charge is 0.478 e. The molecule has 7 heteroatoms. The molecule has 0 bridgehead atoms. The van der Waals surface area contributed by atoms with Gasteiger partial charge in [-0.15, -0.1) is 11.6 Å². The fraction of sp³-hybridized carbons (Fsp3) is 0.111. The molecule has 1 aromatic carbocycles. The summed E-state index contributed by atoms with van der Waals surface area (Å²) in [7, 11) is 0. The molecule has 0 saturated carbocycles. The Kier molecular flexibility index (Phi) is 3.43. The lowest BCUT2D eigenvalue weighted by Crippen LogP contribution is -2.04. The van der Waals surface area contributed by atoms with E-state index >= 15 is 0 Å². The topological polar surface area (TPSA) is 104 Å². The molecule has 0 atom stereocenters. The number of rotatable bonds is 3. The van der Waals surface area contributed by atoms with Crippen LogP contribution in [-0.2, 0) is 5.88 Å². The van der Waals surface area contributed by atoms with Crippen molar-refractivity contribution >= 4 is 23.3 Å². The first-order valence-electron chi connectivity index (χ1n) is 4.02. The number of nitrogens with zero attached hydrogens (tertiary/aromatic N) is 2. The molecule has 1 rings (SSSR count). The number of halogens is 1. The highest BCUT2D eigenvalue weighted by Gasteiger charge is 2.20. The quantitative estimate of drug-likeness (QED) is 0.494. The van der Waals surface area contributed by atoms with Crippen LogP contribution in [0.1, 0.15) is 21.5 Å². The Balaban J connectivity index is 3.54. The van der Waals surface area contributed by atoms with Gasteiger partial charge in [0.2, 0.25) is 0 Å². The fourth-order valence-corrected chi connectivity index (χ4v) is 1.39. The summed E-state index contributed by atoms with van der Waals surface area (Å²) < 4.78 is 0. The Morgan fingerprint density at radius 2 is 2.25 bits per heavy atom. The van der Waals surface area contributed by atoms with Crippen molar-refractivity contribution in [2.24, 2.45) is 0 Å². The van der Waals surface area contributed by atoms with Crippen LogP contribution in [0.3, 0.4) is 0 Å². The normalized spacial score (nSPS) is 9.50. The summed E-state index contributed by atoms with van der Waals surface area (Å²) in [5.74, 6) is -1.51. The molecule has 0 aliphatic heterocycles. The van der Waals surface area contributed by atoms with Gasteiger partial charge in [0, 0.05) is 11.6 Å². The van der Waals surface area contributed by atoms with Crippen LogP contribution in [0.4, 0.5) is 5.69 Å². The lowest BCUT2D eigenvalue weighted by molar-refractivity contribution is -0.385. The predicted octanol–water partition coefficient (Wildman–Crippen LogP) is 1.90. The van der Waals surface area contributed by atoms with Crippen molar-refractivity contribution < 1.29 is 14.8 Å². The Bertz CT molecular complexity index is 507. The molecule has 1 N–H and O–H groups in total. The van der Waals surface area contributed by atoms with Crippen molar-refractivity contribution in [3.05, 3.63) is 38.9 Å². The first-order chi connectivity index (χ1) is 7.51. The minimum Gasteiger partial charge on any atom is -0.478 e. The van der Waals surface area contributed by atoms with Crippen LogP contribution in [0.5, 0.6) is 0 Å². The second kappa shape index (κ2) is 4.59. The number of alkyl halides is 1. The fourth-order valence-electron chi connectivity index (χ4n) is 1.18. The zero-order valence-corrected chi connectivity index (χ0v) is 8.56. The summed E-state index contributed by atoms with van der Waals surface area (Å²) in [6, 6.07) is 3.56. The molecule has 82 valence electrons. The van der Waals surface area contributed by atoms with Crippen molar-refractivity contribution in [3.8, 4) is 6.07 Å². The maximum atomic E-state index is 10.8. The maximum Gasteiger partial charge on any atom is 0.337 e. The molecule has 0 amide bonds. The van der Waals surface area contributed by atoms with E-state index in [1.165, 1.54) is 0 Å². The summed E-state index contributed by atoms with van der Waals surface area (Å²) in [4.78, 5) is 20.7. The first kappa shape index (κ1) is 11.9. The Morgan fingerprint density at radius 1 is 1.62 bits per heavy atom. The van der Waals surface area contributed by atoms with Crippen LogP contribution in [-0.4, -0.2) is 16.0 Å². The van der Waals surface area contributed by atoms with E-state index in [0.29, 0.717) is 0 Å². The van der Waals surface area contributed by atoms with Crippen LogP contribution in [0.25, 0.3) is 0 Å². The van der Waals surface area contributed by atoms with E-state index in [-0.39, 0.29) is 28.3 Å². The molecule has 0 saturated heterocycles. The zero-order chi connectivity index (χ0) is 12.3. The Hall–Kier alpha value is -2.13. The van der Waals surface area contributed by atoms with E-state index in [1.54, 1.807) is 6.07 Å². The van der Waals surface area contributed by atoms with Crippen LogP contribution < -0.4 is 0 Å². The monoisotopic (exact) mass is 240 g/mol. The number of carboxylic acids is 1. The highest BCUT2D eigenvalue weighted by molar-refractivity contribution is 6.17. The first-order valence-corrected chi connectivity index (χ1v) is 4.55. The van der Waals surface area contributed by atoms with E-state index in [0.717, 1.165) is 12.1 Å². The summed E-state index contributed by atoms with van der Waals surface area (Å²) >= 11 is 5.47. The molecule has 16 heavy (non-hydrogen) atoms. The van der Waals surface area contributed by atoms with Gasteiger partial charge < -0.3 is 5.11 Å². The molecule has 0 fully saturated rings. The molecule has 1 aromatic rings. The average molecular weight is 241 g/mol. The molecule has 0 spiro atoms. The SMILES string of the molecule is N#Cc1cc([N+](=O)[O-])c(CCl)cc1C(=O)O. The number of nitro groups is 1. The van der Waals surface area contributed by atoms with Gasteiger partial charge in [0.15, 0.2) is 0 Å². The van der Waals surface area contributed by atoms with Crippen LogP contribution >= 0.6 is 11.6 Å². The van der Waals surface area contributed by atoms with Gasteiger partial charge in [0.05, 0.1) is 21.9 Å². The molecule has 6 nitrogen and oxygen atoms in total. The molecule has 0 aliphatic rings. The van der Waals surface area contributed by atoms with Crippen molar-refractivity contribution in [3.63, 3.8) is 0 Å². The lowest BCUT2D eigenvalue weighted by Gasteiger charge is -2.02. The number of hydrogen-bond acceptors (Lipinski definition) is 4. The number of aromatic carboxylic acids is 1. The lowest BCUT2D eigenvalue weighted by atomic mass is 10.0. The number of carboxylic acid groups (broad SMARTS) is 1. The third-order valence-electron chi connectivity index (χ3n) is 1.91. The molecule has 0 heterocycles. The average Bonchev–Trinajstić information content (AvgIpc) is 2.26. The number of benzene rings is 1. The van der Waals surface area contributed by atoms with Gasteiger partial charge in [0.25, 0.3) is 5.69 Å². The number of nitro benzene ring substituents is 1. The molecular weight excluding hydrogens is 236 g/mol. The molecule has 0 aliphatic carbocycles. The van der Waals surface area contributed by atoms with E-state index in [1.807, 2.05) is 0 Å².